The highest BCUT2D eigenvalue weighted by molar-refractivity contribution is 7.89. The van der Waals surface area contributed by atoms with E-state index in [2.05, 4.69) is 0 Å². The van der Waals surface area contributed by atoms with Gasteiger partial charge in [-0.15, -0.1) is 0 Å². The van der Waals surface area contributed by atoms with Crippen LogP contribution in [0.4, 0.5) is 13.2 Å². The van der Waals surface area contributed by atoms with Crippen LogP contribution >= 0.6 is 0 Å². The lowest BCUT2D eigenvalue weighted by molar-refractivity contribution is -0.132. The lowest BCUT2D eigenvalue weighted by atomic mass is 10.3. The molecule has 0 unspecified atom stereocenters. The third-order valence-corrected chi connectivity index (χ3v) is 3.36. The van der Waals surface area contributed by atoms with Crippen LogP contribution in [-0.2, 0) is 10.0 Å². The predicted octanol–water partition coefficient (Wildman–Crippen LogP) is 1.62. The number of rotatable bonds is 4. The van der Waals surface area contributed by atoms with Crippen molar-refractivity contribution in [1.82, 2.24) is 4.72 Å². The standard InChI is InChI=1S/C9H10F3NO3S/c10-9(11,12)5-6-13-17(15,16)8-4-2-1-3-7(8)14/h1-4,13-14H,5-6H2. The zero-order chi connectivity index (χ0) is 13.1. The molecule has 0 saturated carbocycles. The van der Waals surface area contributed by atoms with Gasteiger partial charge in [0.2, 0.25) is 10.0 Å². The van der Waals surface area contributed by atoms with E-state index < -0.39 is 39.8 Å². The summed E-state index contributed by atoms with van der Waals surface area (Å²) in [6, 6.07) is 5.01. The number of phenolic OH excluding ortho intramolecular Hbond substituents is 1. The van der Waals surface area contributed by atoms with E-state index in [0.717, 1.165) is 12.1 Å². The molecule has 0 aliphatic heterocycles. The molecule has 0 bridgehead atoms. The minimum Gasteiger partial charge on any atom is -0.507 e. The molecular weight excluding hydrogens is 259 g/mol. The van der Waals surface area contributed by atoms with E-state index in [1.54, 1.807) is 4.72 Å². The van der Waals surface area contributed by atoms with Gasteiger partial charge in [-0.3, -0.25) is 0 Å². The fourth-order valence-electron chi connectivity index (χ4n) is 1.09. The monoisotopic (exact) mass is 269 g/mol. The SMILES string of the molecule is O=S(=O)(NCCC(F)(F)F)c1ccccc1O. The van der Waals surface area contributed by atoms with Gasteiger partial charge < -0.3 is 5.11 Å². The van der Waals surface area contributed by atoms with Crippen LogP contribution in [-0.4, -0.2) is 26.2 Å². The normalized spacial score (nSPS) is 12.6. The molecule has 0 aliphatic carbocycles. The zero-order valence-electron chi connectivity index (χ0n) is 8.53. The molecule has 8 heteroatoms. The molecule has 4 nitrogen and oxygen atoms in total. The van der Waals surface area contributed by atoms with Gasteiger partial charge in [-0.25, -0.2) is 13.1 Å². The number of hydrogen-bond acceptors (Lipinski definition) is 3. The van der Waals surface area contributed by atoms with Crippen molar-refractivity contribution in [1.29, 1.82) is 0 Å². The van der Waals surface area contributed by atoms with Crippen LogP contribution < -0.4 is 4.72 Å². The van der Waals surface area contributed by atoms with Gasteiger partial charge >= 0.3 is 6.18 Å². The van der Waals surface area contributed by atoms with Crippen LogP contribution in [0.3, 0.4) is 0 Å². The summed E-state index contributed by atoms with van der Waals surface area (Å²) >= 11 is 0. The van der Waals surface area contributed by atoms with Gasteiger partial charge in [0, 0.05) is 6.54 Å². The summed E-state index contributed by atoms with van der Waals surface area (Å²) in [5, 5.41) is 9.26. The maximum atomic E-state index is 11.8. The van der Waals surface area contributed by atoms with E-state index in [-0.39, 0.29) is 0 Å². The second-order valence-electron chi connectivity index (χ2n) is 3.23. The minimum absolute atomic E-state index is 0.442. The fourth-order valence-corrected chi connectivity index (χ4v) is 2.22. The fraction of sp³-hybridized carbons (Fsp3) is 0.333. The Bertz CT molecular complexity index is 485. The molecule has 0 saturated heterocycles. The number of nitrogens with one attached hydrogen (secondary N) is 1. The van der Waals surface area contributed by atoms with Crippen molar-refractivity contribution in [2.45, 2.75) is 17.5 Å². The van der Waals surface area contributed by atoms with Crippen molar-refractivity contribution in [3.8, 4) is 5.75 Å². The smallest absolute Gasteiger partial charge is 0.390 e. The summed E-state index contributed by atoms with van der Waals surface area (Å²) in [6.07, 6.45) is -5.69. The van der Waals surface area contributed by atoms with Crippen LogP contribution in [0.2, 0.25) is 0 Å². The van der Waals surface area contributed by atoms with Crippen molar-refractivity contribution >= 4 is 10.0 Å². The van der Waals surface area contributed by atoms with Crippen molar-refractivity contribution in [3.63, 3.8) is 0 Å². The van der Waals surface area contributed by atoms with Crippen LogP contribution in [0, 0.1) is 0 Å². The number of alkyl halides is 3. The first-order valence-corrected chi connectivity index (χ1v) is 6.05. The Balaban J connectivity index is 2.74. The molecular formula is C9H10F3NO3S. The lowest BCUT2D eigenvalue weighted by Crippen LogP contribution is -2.28. The molecule has 0 aliphatic rings. The summed E-state index contributed by atoms with van der Waals surface area (Å²) < 4.78 is 60.3. The van der Waals surface area contributed by atoms with Gasteiger partial charge in [0.15, 0.2) is 0 Å². The van der Waals surface area contributed by atoms with E-state index >= 15 is 0 Å². The minimum atomic E-state index is -4.43. The third kappa shape index (κ3) is 4.23. The first kappa shape index (κ1) is 13.8. The van der Waals surface area contributed by atoms with E-state index in [1.165, 1.54) is 12.1 Å². The quantitative estimate of drug-likeness (QED) is 0.873. The van der Waals surface area contributed by atoms with Gasteiger partial charge in [-0.05, 0) is 12.1 Å². The molecule has 2 N–H and O–H groups in total. The largest absolute Gasteiger partial charge is 0.507 e. The third-order valence-electron chi connectivity index (χ3n) is 1.86. The summed E-state index contributed by atoms with van der Waals surface area (Å²) in [7, 11) is -4.11. The highest BCUT2D eigenvalue weighted by atomic mass is 32.2. The zero-order valence-corrected chi connectivity index (χ0v) is 9.35. The van der Waals surface area contributed by atoms with Crippen LogP contribution in [0.25, 0.3) is 0 Å². The number of hydrogen-bond donors (Lipinski definition) is 2. The molecule has 1 aromatic carbocycles. The van der Waals surface area contributed by atoms with Gasteiger partial charge in [-0.1, -0.05) is 12.1 Å². The van der Waals surface area contributed by atoms with Crippen molar-refractivity contribution in [2.75, 3.05) is 6.54 Å². The topological polar surface area (TPSA) is 66.4 Å². The number of para-hydroxylation sites is 1. The van der Waals surface area contributed by atoms with Gasteiger partial charge in [0.25, 0.3) is 0 Å². The number of halogens is 3. The molecule has 0 aromatic heterocycles. The van der Waals surface area contributed by atoms with E-state index in [9.17, 15) is 26.7 Å². The molecule has 0 atom stereocenters. The van der Waals surface area contributed by atoms with E-state index in [0.29, 0.717) is 0 Å². The molecule has 0 amide bonds. The van der Waals surface area contributed by atoms with Crippen molar-refractivity contribution in [3.05, 3.63) is 24.3 Å². The average molecular weight is 269 g/mol. The maximum absolute atomic E-state index is 11.8. The Morgan fingerprint density at radius 3 is 2.35 bits per heavy atom. The number of sulfonamides is 1. The highest BCUT2D eigenvalue weighted by Gasteiger charge is 2.28. The predicted molar refractivity (Wildman–Crippen MR) is 54.0 cm³/mol. The Morgan fingerprint density at radius 2 is 1.82 bits per heavy atom. The molecule has 0 heterocycles. The molecule has 0 spiro atoms. The molecule has 96 valence electrons. The van der Waals surface area contributed by atoms with Crippen LogP contribution in [0.5, 0.6) is 5.75 Å². The van der Waals surface area contributed by atoms with Gasteiger partial charge in [-0.2, -0.15) is 13.2 Å². The molecule has 17 heavy (non-hydrogen) atoms. The second-order valence-corrected chi connectivity index (χ2v) is 4.97. The molecule has 0 fully saturated rings. The Hall–Kier alpha value is -1.28. The van der Waals surface area contributed by atoms with Gasteiger partial charge in [0.1, 0.15) is 10.6 Å². The average Bonchev–Trinajstić information content (AvgIpc) is 2.15. The molecule has 1 aromatic rings. The van der Waals surface area contributed by atoms with Crippen LogP contribution in [0.15, 0.2) is 29.2 Å². The summed E-state index contributed by atoms with van der Waals surface area (Å²) in [6.45, 7) is -0.764. The summed E-state index contributed by atoms with van der Waals surface area (Å²) in [5.74, 6) is -0.507. The van der Waals surface area contributed by atoms with Crippen LogP contribution in [0.1, 0.15) is 6.42 Å². The maximum Gasteiger partial charge on any atom is 0.390 e. The van der Waals surface area contributed by atoms with E-state index in [1.807, 2.05) is 0 Å². The molecule has 1 rings (SSSR count). The van der Waals surface area contributed by atoms with Crippen molar-refractivity contribution in [2.24, 2.45) is 0 Å². The number of phenols is 1. The number of benzene rings is 1. The Morgan fingerprint density at radius 1 is 1.24 bits per heavy atom. The number of aromatic hydroxyl groups is 1. The first-order chi connectivity index (χ1) is 7.72. The van der Waals surface area contributed by atoms with E-state index in [4.69, 9.17) is 0 Å². The summed E-state index contributed by atoms with van der Waals surface area (Å²) in [4.78, 5) is -0.442. The second kappa shape index (κ2) is 4.92. The van der Waals surface area contributed by atoms with Crippen molar-refractivity contribution < 1.29 is 26.7 Å². The van der Waals surface area contributed by atoms with Gasteiger partial charge in [0.05, 0.1) is 6.42 Å². The first-order valence-electron chi connectivity index (χ1n) is 4.57. The Labute approximate surface area is 96.1 Å². The Kier molecular flexibility index (Phi) is 3.99. The molecule has 0 radical (unpaired) electrons. The highest BCUT2D eigenvalue weighted by Crippen LogP contribution is 2.22. The lowest BCUT2D eigenvalue weighted by Gasteiger charge is -2.09. The summed E-state index contributed by atoms with van der Waals surface area (Å²) in [5.41, 5.74) is 0.